The van der Waals surface area contributed by atoms with E-state index in [9.17, 15) is 0 Å². The predicted octanol–water partition coefficient (Wildman–Crippen LogP) is 12.5. The first-order chi connectivity index (χ1) is 21.5. The lowest BCUT2D eigenvalue weighted by Crippen LogP contribution is -2.21. The Morgan fingerprint density at radius 2 is 1.50 bits per heavy atom. The van der Waals surface area contributed by atoms with Crippen molar-refractivity contribution in [2.24, 2.45) is 5.92 Å². The van der Waals surface area contributed by atoms with Crippen LogP contribution in [0.2, 0.25) is 0 Å². The Balaban J connectivity index is 0.00000216. The van der Waals surface area contributed by atoms with E-state index in [1.807, 2.05) is 0 Å². The second-order valence-electron chi connectivity index (χ2n) is 13.5. The lowest BCUT2D eigenvalue weighted by Gasteiger charge is -2.29. The molecule has 248 valence electrons. The van der Waals surface area contributed by atoms with Crippen molar-refractivity contribution in [1.29, 1.82) is 0 Å². The zero-order valence-corrected chi connectivity index (χ0v) is 29.5. The van der Waals surface area contributed by atoms with Crippen LogP contribution in [0.25, 0.3) is 0 Å². The maximum absolute atomic E-state index is 4.87. The number of aryl methyl sites for hydroxylation is 2. The van der Waals surface area contributed by atoms with E-state index >= 15 is 0 Å². The Labute approximate surface area is 273 Å². The third kappa shape index (κ3) is 16.1. The molecule has 1 unspecified atom stereocenters. The van der Waals surface area contributed by atoms with E-state index in [0.717, 1.165) is 43.9 Å². The molecule has 3 nitrogen and oxygen atoms in total. The first-order valence-corrected chi connectivity index (χ1v) is 18.7. The summed E-state index contributed by atoms with van der Waals surface area (Å²) < 4.78 is 0. The zero-order valence-electron chi connectivity index (χ0n) is 29.5. The summed E-state index contributed by atoms with van der Waals surface area (Å²) >= 11 is 0. The molecule has 1 atom stereocenters. The van der Waals surface area contributed by atoms with Gasteiger partial charge in [-0.1, -0.05) is 135 Å². The van der Waals surface area contributed by atoms with Crippen molar-refractivity contribution in [2.45, 2.75) is 163 Å². The minimum atomic E-state index is 0.560. The standard InChI is InChI=1S/C38H61N3.C3H8/c1-5-6-7-8-9-10-11-12-13-16-19-29-41-31-36(25-24-33(41)4)35(30-32(2)3)21-17-14-15-18-23-37-27-26-34-22-20-28-39-38(34)40-37;1-3-2/h24-27,31,35H,2,4-23,28-30H2,1,3H3,(H,39,40);3H2,1-2H3. The van der Waals surface area contributed by atoms with Crippen molar-refractivity contribution in [3.8, 4) is 0 Å². The summed E-state index contributed by atoms with van der Waals surface area (Å²) in [7, 11) is 0. The third-order valence-corrected chi connectivity index (χ3v) is 8.90. The summed E-state index contributed by atoms with van der Waals surface area (Å²) in [5.41, 5.74) is 6.53. The highest BCUT2D eigenvalue weighted by Gasteiger charge is 2.18. The van der Waals surface area contributed by atoms with Crippen LogP contribution in [0.15, 0.2) is 60.5 Å². The molecule has 1 N–H and O–H groups in total. The molecule has 3 rings (SSSR count). The predicted molar refractivity (Wildman–Crippen MR) is 196 cm³/mol. The van der Waals surface area contributed by atoms with Crippen LogP contribution < -0.4 is 5.32 Å². The molecule has 0 amide bonds. The molecule has 0 radical (unpaired) electrons. The number of hydrogen-bond donors (Lipinski definition) is 1. The maximum atomic E-state index is 4.87. The van der Waals surface area contributed by atoms with Gasteiger partial charge in [0.05, 0.1) is 0 Å². The van der Waals surface area contributed by atoms with Gasteiger partial charge in [0.2, 0.25) is 0 Å². The minimum Gasteiger partial charge on any atom is -0.370 e. The molecule has 2 aliphatic heterocycles. The van der Waals surface area contributed by atoms with Gasteiger partial charge in [-0.2, -0.15) is 0 Å². The van der Waals surface area contributed by atoms with E-state index in [-0.39, 0.29) is 0 Å². The van der Waals surface area contributed by atoms with E-state index in [0.29, 0.717) is 5.92 Å². The van der Waals surface area contributed by atoms with Crippen LogP contribution >= 0.6 is 0 Å². The monoisotopic (exact) mass is 604 g/mol. The van der Waals surface area contributed by atoms with Crippen LogP contribution in [-0.2, 0) is 12.8 Å². The average molecular weight is 604 g/mol. The number of nitrogens with one attached hydrogen (secondary N) is 1. The number of rotatable bonds is 22. The number of nitrogens with zero attached hydrogens (tertiary/aromatic N) is 2. The van der Waals surface area contributed by atoms with Gasteiger partial charge in [0.25, 0.3) is 0 Å². The molecule has 3 heterocycles. The van der Waals surface area contributed by atoms with Crippen molar-refractivity contribution in [2.75, 3.05) is 18.4 Å². The molecule has 0 fully saturated rings. The van der Waals surface area contributed by atoms with Gasteiger partial charge in [-0.15, -0.1) is 6.58 Å². The topological polar surface area (TPSA) is 28.2 Å². The Morgan fingerprint density at radius 1 is 0.864 bits per heavy atom. The quantitative estimate of drug-likeness (QED) is 0.106. The van der Waals surface area contributed by atoms with Crippen molar-refractivity contribution in [3.05, 3.63) is 71.7 Å². The second-order valence-corrected chi connectivity index (χ2v) is 13.5. The summed E-state index contributed by atoms with van der Waals surface area (Å²) in [6, 6.07) is 4.53. The minimum absolute atomic E-state index is 0.560. The molecule has 0 saturated carbocycles. The number of fused-ring (bicyclic) bond motifs is 1. The number of unbranched alkanes of at least 4 members (excludes halogenated alkanes) is 13. The van der Waals surface area contributed by atoms with E-state index < -0.39 is 0 Å². The molecule has 0 saturated heterocycles. The molecular weight excluding hydrogens is 534 g/mol. The van der Waals surface area contributed by atoms with Gasteiger partial charge in [0.15, 0.2) is 0 Å². The van der Waals surface area contributed by atoms with Gasteiger partial charge in [-0.25, -0.2) is 4.98 Å². The largest absolute Gasteiger partial charge is 0.370 e. The van der Waals surface area contributed by atoms with Crippen molar-refractivity contribution < 1.29 is 0 Å². The highest BCUT2D eigenvalue weighted by molar-refractivity contribution is 5.47. The molecule has 0 bridgehead atoms. The summed E-state index contributed by atoms with van der Waals surface area (Å²) in [6.07, 6.45) is 34.4. The van der Waals surface area contributed by atoms with Gasteiger partial charge >= 0.3 is 0 Å². The van der Waals surface area contributed by atoms with Gasteiger partial charge in [0, 0.05) is 30.7 Å². The maximum Gasteiger partial charge on any atom is 0.129 e. The molecule has 0 aromatic carbocycles. The highest BCUT2D eigenvalue weighted by Crippen LogP contribution is 2.30. The number of aromatic nitrogens is 1. The third-order valence-electron chi connectivity index (χ3n) is 8.90. The fourth-order valence-corrected chi connectivity index (χ4v) is 6.36. The molecule has 1 aromatic rings. The first-order valence-electron chi connectivity index (χ1n) is 18.7. The second kappa shape index (κ2) is 24.0. The first kappa shape index (κ1) is 37.9. The van der Waals surface area contributed by atoms with Gasteiger partial charge in [-0.05, 0) is 81.1 Å². The highest BCUT2D eigenvalue weighted by atomic mass is 15.1. The number of allylic oxidation sites excluding steroid dienone is 4. The average Bonchev–Trinajstić information content (AvgIpc) is 3.02. The van der Waals surface area contributed by atoms with E-state index in [1.54, 1.807) is 0 Å². The summed E-state index contributed by atoms with van der Waals surface area (Å²) in [5, 5.41) is 3.47. The number of anilines is 1. The van der Waals surface area contributed by atoms with Crippen LogP contribution in [-0.4, -0.2) is 23.0 Å². The Kier molecular flexibility index (Phi) is 20.7. The molecule has 44 heavy (non-hydrogen) atoms. The zero-order chi connectivity index (χ0) is 31.8. The van der Waals surface area contributed by atoms with Crippen LogP contribution in [0.1, 0.15) is 161 Å². The Bertz CT molecular complexity index is 988. The van der Waals surface area contributed by atoms with Gasteiger partial charge < -0.3 is 10.2 Å². The summed E-state index contributed by atoms with van der Waals surface area (Å²) in [6.45, 7) is 19.5. The SMILES string of the molecule is C=C(C)CC(CCCCCCc1ccc2c(n1)NCCC2)C1=CN(CCCCCCCCCCCCC)C(=C)C=C1.CCC. The molecule has 0 spiro atoms. The Hall–Kier alpha value is -2.29. The number of pyridine rings is 1. The van der Waals surface area contributed by atoms with Crippen molar-refractivity contribution in [3.63, 3.8) is 0 Å². The van der Waals surface area contributed by atoms with E-state index in [2.05, 4.69) is 81.6 Å². The number of hydrogen-bond acceptors (Lipinski definition) is 3. The van der Waals surface area contributed by atoms with Crippen molar-refractivity contribution in [1.82, 2.24) is 9.88 Å². The molecule has 1 aromatic heterocycles. The van der Waals surface area contributed by atoms with E-state index in [1.165, 1.54) is 138 Å². The molecule has 2 aliphatic rings. The van der Waals surface area contributed by atoms with Gasteiger partial charge in [0.1, 0.15) is 5.82 Å². The van der Waals surface area contributed by atoms with Crippen LogP contribution in [0.5, 0.6) is 0 Å². The summed E-state index contributed by atoms with van der Waals surface area (Å²) in [5.74, 6) is 1.69. The lowest BCUT2D eigenvalue weighted by atomic mass is 9.86. The van der Waals surface area contributed by atoms with Crippen LogP contribution in [0.4, 0.5) is 5.82 Å². The molecule has 3 heteroatoms. The smallest absolute Gasteiger partial charge is 0.129 e. The molecular formula is C41H69N3. The summed E-state index contributed by atoms with van der Waals surface area (Å²) in [4.78, 5) is 7.28. The lowest BCUT2D eigenvalue weighted by molar-refractivity contribution is 0.427. The van der Waals surface area contributed by atoms with Crippen molar-refractivity contribution >= 4 is 5.82 Å². The normalized spacial score (nSPS) is 14.8. The van der Waals surface area contributed by atoms with Crippen LogP contribution in [0.3, 0.4) is 0 Å². The fraction of sp³-hybridized carbons (Fsp3) is 0.683. The molecule has 0 aliphatic carbocycles. The Morgan fingerprint density at radius 3 is 2.18 bits per heavy atom. The van der Waals surface area contributed by atoms with Crippen LogP contribution in [0, 0.1) is 5.92 Å². The van der Waals surface area contributed by atoms with E-state index in [4.69, 9.17) is 4.98 Å². The fourth-order valence-electron chi connectivity index (χ4n) is 6.36. The van der Waals surface area contributed by atoms with Gasteiger partial charge in [-0.3, -0.25) is 0 Å².